The molecule has 0 aliphatic rings. The molecule has 0 fully saturated rings. The van der Waals surface area contributed by atoms with Gasteiger partial charge in [0.05, 0.1) is 18.6 Å². The van der Waals surface area contributed by atoms with Crippen molar-refractivity contribution >= 4 is 29.6 Å². The van der Waals surface area contributed by atoms with Crippen LogP contribution in [0, 0.1) is 11.8 Å². The van der Waals surface area contributed by atoms with Crippen LogP contribution < -0.4 is 27.4 Å². The number of aliphatic carboxylic acids is 1. The fraction of sp³-hybridized carbons (Fsp3) is 0.737. The van der Waals surface area contributed by atoms with Crippen molar-refractivity contribution < 1.29 is 34.2 Å². The summed E-state index contributed by atoms with van der Waals surface area (Å²) in [6.07, 6.45) is -1.54. The number of carbonyl (C=O) groups is 5. The van der Waals surface area contributed by atoms with Crippen LogP contribution in [0.5, 0.6) is 0 Å². The van der Waals surface area contributed by atoms with E-state index in [1.165, 1.54) is 0 Å². The molecular weight excluding hydrogens is 410 g/mol. The third-order valence-electron chi connectivity index (χ3n) is 4.90. The van der Waals surface area contributed by atoms with Crippen LogP contribution in [0.4, 0.5) is 0 Å². The molecule has 0 saturated carbocycles. The first-order valence-electron chi connectivity index (χ1n) is 10.1. The van der Waals surface area contributed by atoms with Gasteiger partial charge in [-0.2, -0.15) is 0 Å². The summed E-state index contributed by atoms with van der Waals surface area (Å²) >= 11 is 0. The lowest BCUT2D eigenvalue weighted by Gasteiger charge is -2.28. The van der Waals surface area contributed by atoms with Crippen LogP contribution in [0.25, 0.3) is 0 Å². The molecule has 0 saturated heterocycles. The molecule has 0 bridgehead atoms. The Morgan fingerprint density at radius 2 is 1.39 bits per heavy atom. The molecule has 12 heteroatoms. The molecular formula is C19H35N5O7. The smallest absolute Gasteiger partial charge is 0.328 e. The van der Waals surface area contributed by atoms with Gasteiger partial charge in [0.15, 0.2) is 6.04 Å². The first-order valence-corrected chi connectivity index (χ1v) is 10.1. The Morgan fingerprint density at radius 3 is 1.77 bits per heavy atom. The van der Waals surface area contributed by atoms with Gasteiger partial charge in [-0.05, 0) is 18.8 Å². The lowest BCUT2D eigenvalue weighted by molar-refractivity contribution is -0.145. The van der Waals surface area contributed by atoms with E-state index in [2.05, 4.69) is 16.0 Å². The van der Waals surface area contributed by atoms with Gasteiger partial charge >= 0.3 is 5.97 Å². The number of rotatable bonds is 13. The maximum absolute atomic E-state index is 12.9. The monoisotopic (exact) mass is 445 g/mol. The summed E-state index contributed by atoms with van der Waals surface area (Å²) in [6.45, 7) is 8.16. The van der Waals surface area contributed by atoms with Gasteiger partial charge in [0.25, 0.3) is 0 Å². The first kappa shape index (κ1) is 28.3. The number of hydrogen-bond acceptors (Lipinski definition) is 7. The van der Waals surface area contributed by atoms with Gasteiger partial charge in [0, 0.05) is 0 Å². The minimum absolute atomic E-state index is 0.178. The normalized spacial score (nSPS) is 16.9. The molecule has 0 aromatic heterocycles. The number of carboxylic acid groups (broad SMARTS) is 1. The first-order chi connectivity index (χ1) is 14.2. The molecule has 0 radical (unpaired) electrons. The number of carboxylic acids is 1. The topological polar surface area (TPSA) is 214 Å². The van der Waals surface area contributed by atoms with Crippen molar-refractivity contribution in [3.05, 3.63) is 0 Å². The van der Waals surface area contributed by atoms with Crippen LogP contribution >= 0.6 is 0 Å². The number of aliphatic hydroxyl groups is 1. The van der Waals surface area contributed by atoms with Crippen LogP contribution in [-0.4, -0.2) is 70.1 Å². The van der Waals surface area contributed by atoms with Crippen LogP contribution in [0.1, 0.15) is 47.5 Å². The van der Waals surface area contributed by atoms with E-state index in [0.717, 1.165) is 6.92 Å². The van der Waals surface area contributed by atoms with Crippen molar-refractivity contribution in [2.45, 2.75) is 77.7 Å². The zero-order chi connectivity index (χ0) is 24.5. The van der Waals surface area contributed by atoms with E-state index >= 15 is 0 Å². The highest BCUT2D eigenvalue weighted by Gasteiger charge is 2.34. The number of nitrogens with two attached hydrogens (primary N) is 2. The molecule has 6 atom stereocenters. The fourth-order valence-electron chi connectivity index (χ4n) is 2.57. The lowest BCUT2D eigenvalue weighted by atomic mass is 9.96. The molecule has 0 rings (SSSR count). The van der Waals surface area contributed by atoms with Gasteiger partial charge in [0.2, 0.25) is 23.6 Å². The van der Waals surface area contributed by atoms with Gasteiger partial charge in [-0.1, -0.05) is 34.1 Å². The zero-order valence-corrected chi connectivity index (χ0v) is 18.5. The van der Waals surface area contributed by atoms with E-state index in [1.807, 2.05) is 0 Å². The quantitative estimate of drug-likeness (QED) is 0.165. The molecule has 6 unspecified atom stereocenters. The van der Waals surface area contributed by atoms with Crippen molar-refractivity contribution in [3.8, 4) is 0 Å². The average Bonchev–Trinajstić information content (AvgIpc) is 2.66. The Morgan fingerprint density at radius 1 is 0.871 bits per heavy atom. The third-order valence-corrected chi connectivity index (χ3v) is 4.90. The zero-order valence-electron chi connectivity index (χ0n) is 18.5. The van der Waals surface area contributed by atoms with Crippen molar-refractivity contribution in [1.29, 1.82) is 0 Å². The summed E-state index contributed by atoms with van der Waals surface area (Å²) in [4.78, 5) is 60.3. The Labute approximate surface area is 181 Å². The second-order valence-electron chi connectivity index (χ2n) is 7.94. The van der Waals surface area contributed by atoms with Gasteiger partial charge in [0.1, 0.15) is 12.1 Å². The Balaban J connectivity index is 5.59. The molecule has 12 nitrogen and oxygen atoms in total. The summed E-state index contributed by atoms with van der Waals surface area (Å²) in [7, 11) is 0. The highest BCUT2D eigenvalue weighted by Crippen LogP contribution is 2.10. The van der Waals surface area contributed by atoms with Crippen molar-refractivity contribution in [3.63, 3.8) is 0 Å². The largest absolute Gasteiger partial charge is 0.480 e. The SMILES string of the molecule is CCC(C)C(NC(=O)C(N)C(C)C)C(=O)NC(CC(N)=O)C(=O)NC(C(=O)O)C(C)O. The summed E-state index contributed by atoms with van der Waals surface area (Å²) in [5.41, 5.74) is 11.0. The molecule has 178 valence electrons. The van der Waals surface area contributed by atoms with E-state index in [-0.39, 0.29) is 11.8 Å². The highest BCUT2D eigenvalue weighted by atomic mass is 16.4. The highest BCUT2D eigenvalue weighted by molar-refractivity contribution is 5.96. The van der Waals surface area contributed by atoms with Crippen molar-refractivity contribution in [2.24, 2.45) is 23.3 Å². The van der Waals surface area contributed by atoms with Crippen LogP contribution in [0.3, 0.4) is 0 Å². The molecule has 4 amide bonds. The van der Waals surface area contributed by atoms with Crippen molar-refractivity contribution in [1.82, 2.24) is 16.0 Å². The standard InChI is InChI=1S/C19H35N5O7/c1-6-9(4)14(23-17(28)13(21)8(2)3)18(29)22-11(7-12(20)26)16(27)24-15(10(5)25)19(30)31/h8-11,13-15,25H,6-7,21H2,1-5H3,(H2,20,26)(H,22,29)(H,23,28)(H,24,27)(H,30,31). The minimum atomic E-state index is -1.66. The van der Waals surface area contributed by atoms with Crippen LogP contribution in [-0.2, 0) is 24.0 Å². The Kier molecular flexibility index (Phi) is 11.7. The Hall–Kier alpha value is -2.73. The number of nitrogens with one attached hydrogen (secondary N) is 3. The summed E-state index contributed by atoms with van der Waals surface area (Å²) in [5.74, 6) is -5.27. The molecule has 0 aromatic carbocycles. The molecule has 0 aliphatic heterocycles. The van der Waals surface area contributed by atoms with Gasteiger partial charge in [-0.15, -0.1) is 0 Å². The van der Waals surface area contributed by atoms with E-state index in [0.29, 0.717) is 6.42 Å². The van der Waals surface area contributed by atoms with E-state index in [4.69, 9.17) is 16.6 Å². The number of carbonyl (C=O) groups excluding carboxylic acids is 4. The van der Waals surface area contributed by atoms with Gasteiger partial charge in [-0.3, -0.25) is 19.2 Å². The second kappa shape index (κ2) is 12.8. The number of amides is 4. The minimum Gasteiger partial charge on any atom is -0.480 e. The fourth-order valence-corrected chi connectivity index (χ4v) is 2.57. The molecule has 0 aromatic rings. The predicted octanol–water partition coefficient (Wildman–Crippen LogP) is -2.19. The summed E-state index contributed by atoms with van der Waals surface area (Å²) < 4.78 is 0. The van der Waals surface area contributed by atoms with E-state index < -0.39 is 66.3 Å². The third kappa shape index (κ3) is 9.30. The molecule has 0 spiro atoms. The van der Waals surface area contributed by atoms with Gasteiger partial charge < -0.3 is 37.6 Å². The van der Waals surface area contributed by atoms with Gasteiger partial charge in [-0.25, -0.2) is 4.79 Å². The maximum atomic E-state index is 12.9. The molecule has 31 heavy (non-hydrogen) atoms. The molecule has 0 aliphatic carbocycles. The average molecular weight is 446 g/mol. The predicted molar refractivity (Wildman–Crippen MR) is 111 cm³/mol. The summed E-state index contributed by atoms with van der Waals surface area (Å²) in [6, 6.07) is -5.08. The lowest BCUT2D eigenvalue weighted by Crippen LogP contribution is -2.60. The number of primary amides is 1. The molecule has 0 heterocycles. The molecule has 9 N–H and O–H groups in total. The Bertz CT molecular complexity index is 668. The van der Waals surface area contributed by atoms with E-state index in [1.54, 1.807) is 27.7 Å². The number of aliphatic hydroxyl groups excluding tert-OH is 1. The van der Waals surface area contributed by atoms with Crippen LogP contribution in [0.2, 0.25) is 0 Å². The number of hydrogen-bond donors (Lipinski definition) is 7. The van der Waals surface area contributed by atoms with Crippen molar-refractivity contribution in [2.75, 3.05) is 0 Å². The maximum Gasteiger partial charge on any atom is 0.328 e. The second-order valence-corrected chi connectivity index (χ2v) is 7.94. The van der Waals surface area contributed by atoms with E-state index in [9.17, 15) is 29.1 Å². The van der Waals surface area contributed by atoms with Crippen LogP contribution in [0.15, 0.2) is 0 Å². The summed E-state index contributed by atoms with van der Waals surface area (Å²) in [5, 5.41) is 25.6.